The third kappa shape index (κ3) is 5.66. The van der Waals surface area contributed by atoms with Crippen LogP contribution in [0.1, 0.15) is 22.3 Å². The van der Waals surface area contributed by atoms with E-state index in [0.717, 1.165) is 37.3 Å². The number of anilines is 2. The second-order valence-electron chi connectivity index (χ2n) is 6.79. The molecule has 0 spiro atoms. The smallest absolute Gasteiger partial charge is 0.258 e. The lowest BCUT2D eigenvalue weighted by Crippen LogP contribution is -2.20. The molecular formula is C21H24Cl2FN5O2. The molecule has 0 saturated carbocycles. The van der Waals surface area contributed by atoms with Gasteiger partial charge in [0.25, 0.3) is 5.91 Å². The second-order valence-corrected chi connectivity index (χ2v) is 6.79. The number of rotatable bonds is 6. The van der Waals surface area contributed by atoms with Crippen molar-refractivity contribution in [3.05, 3.63) is 65.6 Å². The summed E-state index contributed by atoms with van der Waals surface area (Å²) in [4.78, 5) is 12.7. The number of carbonyl (C=O) groups excluding carboxylic acids is 1. The van der Waals surface area contributed by atoms with E-state index in [1.54, 1.807) is 10.9 Å². The zero-order valence-electron chi connectivity index (χ0n) is 16.6. The SMILES string of the molecule is Cl.Cl.NCCc1ccc(Oc2ccc(F)c(C(=O)Nc3cnn4c3NCCC4)c2)cc1. The van der Waals surface area contributed by atoms with Crippen molar-refractivity contribution in [2.45, 2.75) is 19.4 Å². The van der Waals surface area contributed by atoms with Crippen LogP contribution in [-0.4, -0.2) is 28.8 Å². The highest BCUT2D eigenvalue weighted by atomic mass is 35.5. The third-order valence-electron chi connectivity index (χ3n) is 4.70. The van der Waals surface area contributed by atoms with Crippen molar-refractivity contribution in [2.75, 3.05) is 23.7 Å². The zero-order valence-corrected chi connectivity index (χ0v) is 18.3. The van der Waals surface area contributed by atoms with Crippen LogP contribution in [-0.2, 0) is 13.0 Å². The van der Waals surface area contributed by atoms with Gasteiger partial charge in [-0.2, -0.15) is 5.10 Å². The minimum atomic E-state index is -0.623. The predicted octanol–water partition coefficient (Wildman–Crippen LogP) is 4.23. The zero-order chi connectivity index (χ0) is 20.2. The van der Waals surface area contributed by atoms with Crippen molar-refractivity contribution in [1.82, 2.24) is 9.78 Å². The minimum Gasteiger partial charge on any atom is -0.457 e. The molecule has 0 atom stereocenters. The van der Waals surface area contributed by atoms with Gasteiger partial charge in [0.1, 0.15) is 28.8 Å². The lowest BCUT2D eigenvalue weighted by atomic mass is 10.1. The minimum absolute atomic E-state index is 0. The Hall–Kier alpha value is -2.81. The normalized spacial score (nSPS) is 11.9. The van der Waals surface area contributed by atoms with Gasteiger partial charge < -0.3 is 21.1 Å². The topological polar surface area (TPSA) is 94.2 Å². The Morgan fingerprint density at radius 1 is 1.19 bits per heavy atom. The summed E-state index contributed by atoms with van der Waals surface area (Å²) in [5.74, 6) is 0.517. The van der Waals surface area contributed by atoms with Gasteiger partial charge in [0.15, 0.2) is 0 Å². The summed E-state index contributed by atoms with van der Waals surface area (Å²) in [6.07, 6.45) is 3.31. The molecule has 7 nitrogen and oxygen atoms in total. The highest BCUT2D eigenvalue weighted by molar-refractivity contribution is 6.06. The largest absolute Gasteiger partial charge is 0.457 e. The number of halogens is 3. The lowest BCUT2D eigenvalue weighted by molar-refractivity contribution is 0.102. The van der Waals surface area contributed by atoms with E-state index in [-0.39, 0.29) is 30.4 Å². The number of nitrogens with two attached hydrogens (primary N) is 1. The number of carbonyl (C=O) groups is 1. The Bertz CT molecular complexity index is 1030. The monoisotopic (exact) mass is 467 g/mol. The first-order valence-corrected chi connectivity index (χ1v) is 9.51. The molecule has 0 radical (unpaired) electrons. The van der Waals surface area contributed by atoms with Crippen molar-refractivity contribution < 1.29 is 13.9 Å². The van der Waals surface area contributed by atoms with Gasteiger partial charge in [-0.05, 0) is 55.3 Å². The van der Waals surface area contributed by atoms with Crippen LogP contribution in [0.2, 0.25) is 0 Å². The van der Waals surface area contributed by atoms with E-state index in [1.165, 1.54) is 18.2 Å². The Balaban J connectivity index is 0.00000171. The summed E-state index contributed by atoms with van der Waals surface area (Å²) < 4.78 is 21.9. The van der Waals surface area contributed by atoms with E-state index in [9.17, 15) is 9.18 Å². The van der Waals surface area contributed by atoms with E-state index >= 15 is 0 Å². The molecule has 0 saturated heterocycles. The Morgan fingerprint density at radius 3 is 2.68 bits per heavy atom. The molecule has 4 N–H and O–H groups in total. The Kier molecular flexibility index (Phi) is 8.67. The molecule has 0 unspecified atom stereocenters. The van der Waals surface area contributed by atoms with Crippen molar-refractivity contribution in [3.8, 4) is 11.5 Å². The van der Waals surface area contributed by atoms with Gasteiger partial charge in [0.2, 0.25) is 0 Å². The average molecular weight is 468 g/mol. The summed E-state index contributed by atoms with van der Waals surface area (Å²) in [5, 5.41) is 10.2. The van der Waals surface area contributed by atoms with Gasteiger partial charge in [-0.1, -0.05) is 12.1 Å². The second kappa shape index (κ2) is 11.0. The first-order valence-electron chi connectivity index (χ1n) is 9.51. The van der Waals surface area contributed by atoms with Crippen LogP contribution in [0.4, 0.5) is 15.9 Å². The van der Waals surface area contributed by atoms with Crippen LogP contribution < -0.4 is 21.1 Å². The maximum atomic E-state index is 14.3. The molecule has 1 aliphatic heterocycles. The first-order chi connectivity index (χ1) is 14.1. The summed E-state index contributed by atoms with van der Waals surface area (Å²) in [6, 6.07) is 11.6. The Labute approximate surface area is 192 Å². The molecular weight excluding hydrogens is 444 g/mol. The van der Waals surface area contributed by atoms with Crippen LogP contribution in [0.15, 0.2) is 48.7 Å². The van der Waals surface area contributed by atoms with Crippen molar-refractivity contribution in [1.29, 1.82) is 0 Å². The molecule has 0 fully saturated rings. The summed E-state index contributed by atoms with van der Waals surface area (Å²) in [5.41, 5.74) is 7.09. The van der Waals surface area contributed by atoms with Gasteiger partial charge >= 0.3 is 0 Å². The molecule has 1 amide bonds. The number of nitrogens with one attached hydrogen (secondary N) is 2. The van der Waals surface area contributed by atoms with E-state index in [0.29, 0.717) is 23.7 Å². The standard InChI is InChI=1S/C21H22FN5O2.2ClH/c22-18-7-6-16(29-15-4-2-14(3-5-15)8-9-23)12-17(18)21(28)26-19-13-25-27-11-1-10-24-20(19)27;;/h2-7,12-13,24H,1,8-11,23H2,(H,26,28);2*1H. The lowest BCUT2D eigenvalue weighted by Gasteiger charge is -2.17. The molecule has 1 aliphatic rings. The molecule has 3 aromatic rings. The first kappa shape index (κ1) is 24.5. The summed E-state index contributed by atoms with van der Waals surface area (Å²) in [6.45, 7) is 2.16. The van der Waals surface area contributed by atoms with E-state index < -0.39 is 11.7 Å². The fraction of sp³-hybridized carbons (Fsp3) is 0.238. The molecule has 10 heteroatoms. The van der Waals surface area contributed by atoms with Gasteiger partial charge in [0.05, 0.1) is 11.8 Å². The fourth-order valence-corrected chi connectivity index (χ4v) is 3.23. The van der Waals surface area contributed by atoms with Crippen molar-refractivity contribution in [3.63, 3.8) is 0 Å². The number of amides is 1. The molecule has 2 heterocycles. The maximum absolute atomic E-state index is 14.3. The summed E-state index contributed by atoms with van der Waals surface area (Å²) >= 11 is 0. The van der Waals surface area contributed by atoms with E-state index in [1.807, 2.05) is 24.3 Å². The van der Waals surface area contributed by atoms with Crippen LogP contribution in [0.25, 0.3) is 0 Å². The van der Waals surface area contributed by atoms with Crippen LogP contribution in [0, 0.1) is 5.82 Å². The molecule has 166 valence electrons. The number of benzene rings is 2. The van der Waals surface area contributed by atoms with E-state index in [4.69, 9.17) is 10.5 Å². The average Bonchev–Trinajstić information content (AvgIpc) is 3.14. The third-order valence-corrected chi connectivity index (χ3v) is 4.70. The predicted molar refractivity (Wildman–Crippen MR) is 123 cm³/mol. The quantitative estimate of drug-likeness (QED) is 0.504. The molecule has 0 bridgehead atoms. The molecule has 0 aliphatic carbocycles. The van der Waals surface area contributed by atoms with Crippen LogP contribution in [0.3, 0.4) is 0 Å². The summed E-state index contributed by atoms with van der Waals surface area (Å²) in [7, 11) is 0. The number of nitrogens with zero attached hydrogens (tertiary/aromatic N) is 2. The number of fused-ring (bicyclic) bond motifs is 1. The molecule has 4 rings (SSSR count). The van der Waals surface area contributed by atoms with Crippen molar-refractivity contribution in [2.24, 2.45) is 5.73 Å². The van der Waals surface area contributed by atoms with Gasteiger partial charge in [-0.25, -0.2) is 9.07 Å². The highest BCUT2D eigenvalue weighted by Gasteiger charge is 2.19. The number of aryl methyl sites for hydroxylation is 1. The Morgan fingerprint density at radius 2 is 1.94 bits per heavy atom. The number of aromatic nitrogens is 2. The maximum Gasteiger partial charge on any atom is 0.258 e. The van der Waals surface area contributed by atoms with Crippen molar-refractivity contribution >= 4 is 42.2 Å². The fourth-order valence-electron chi connectivity index (χ4n) is 3.23. The van der Waals surface area contributed by atoms with Gasteiger partial charge in [-0.15, -0.1) is 24.8 Å². The van der Waals surface area contributed by atoms with E-state index in [2.05, 4.69) is 15.7 Å². The number of hydrogen-bond acceptors (Lipinski definition) is 5. The van der Waals surface area contributed by atoms with Crippen LogP contribution in [0.5, 0.6) is 11.5 Å². The van der Waals surface area contributed by atoms with Gasteiger partial charge in [0, 0.05) is 13.1 Å². The van der Waals surface area contributed by atoms with Crippen LogP contribution >= 0.6 is 24.8 Å². The highest BCUT2D eigenvalue weighted by Crippen LogP contribution is 2.27. The van der Waals surface area contributed by atoms with Gasteiger partial charge in [-0.3, -0.25) is 4.79 Å². The number of ether oxygens (including phenoxy) is 1. The number of hydrogen-bond donors (Lipinski definition) is 3. The molecule has 1 aromatic heterocycles. The molecule has 31 heavy (non-hydrogen) atoms. The molecule has 2 aromatic carbocycles.